The molecule has 0 N–H and O–H groups in total. The van der Waals surface area contributed by atoms with Crippen molar-refractivity contribution in [3.8, 4) is 11.3 Å². The van der Waals surface area contributed by atoms with Crippen molar-refractivity contribution in [2.45, 2.75) is 38.6 Å². The predicted octanol–water partition coefficient (Wildman–Crippen LogP) is 5.23. The van der Waals surface area contributed by atoms with Crippen LogP contribution in [-0.2, 0) is 0 Å². The molecule has 0 atom stereocenters. The van der Waals surface area contributed by atoms with Crippen molar-refractivity contribution in [2.75, 3.05) is 0 Å². The first-order valence-electron chi connectivity index (χ1n) is 6.69. The number of rotatable bonds is 2. The number of aryl methyl sites for hydroxylation is 1. The summed E-state index contributed by atoms with van der Waals surface area (Å²) in [5.41, 5.74) is 3.89. The van der Waals surface area contributed by atoms with Crippen LogP contribution in [0.4, 0.5) is 0 Å². The fraction of sp³-hybridized carbons (Fsp3) is 0.375. The molecule has 1 heterocycles. The van der Waals surface area contributed by atoms with Gasteiger partial charge in [0.1, 0.15) is 0 Å². The summed E-state index contributed by atoms with van der Waals surface area (Å²) in [5, 5.41) is 0.810. The standard InChI is InChI=1S/C16H18ClN/c1-12-9-10-16(13-5-4-6-14(17)11-13)18(12)15-7-2-3-8-15/h4-6,9-11,15H,2-3,7-8H2,1H3. The molecular formula is C16H18ClN. The monoisotopic (exact) mass is 259 g/mol. The molecule has 3 rings (SSSR count). The van der Waals surface area contributed by atoms with Gasteiger partial charge in [0, 0.05) is 22.5 Å². The van der Waals surface area contributed by atoms with Gasteiger partial charge in [0.2, 0.25) is 0 Å². The first-order valence-corrected chi connectivity index (χ1v) is 7.07. The Labute approximate surface area is 113 Å². The largest absolute Gasteiger partial charge is 0.342 e. The van der Waals surface area contributed by atoms with Gasteiger partial charge in [-0.05, 0) is 49.6 Å². The topological polar surface area (TPSA) is 4.93 Å². The molecule has 1 aromatic carbocycles. The van der Waals surface area contributed by atoms with E-state index < -0.39 is 0 Å². The lowest BCUT2D eigenvalue weighted by molar-refractivity contribution is 0.515. The molecule has 94 valence electrons. The molecular weight excluding hydrogens is 242 g/mol. The van der Waals surface area contributed by atoms with Crippen LogP contribution in [0.5, 0.6) is 0 Å². The van der Waals surface area contributed by atoms with Crippen molar-refractivity contribution < 1.29 is 0 Å². The van der Waals surface area contributed by atoms with Gasteiger partial charge in [0.25, 0.3) is 0 Å². The molecule has 1 nitrogen and oxygen atoms in total. The number of hydrogen-bond acceptors (Lipinski definition) is 0. The Hall–Kier alpha value is -1.21. The Morgan fingerprint density at radius 2 is 1.89 bits per heavy atom. The van der Waals surface area contributed by atoms with Gasteiger partial charge in [-0.25, -0.2) is 0 Å². The average molecular weight is 260 g/mol. The fourth-order valence-electron chi connectivity index (χ4n) is 3.08. The van der Waals surface area contributed by atoms with E-state index in [1.807, 2.05) is 12.1 Å². The molecule has 2 aromatic rings. The Morgan fingerprint density at radius 3 is 2.61 bits per heavy atom. The summed E-state index contributed by atoms with van der Waals surface area (Å²) in [7, 11) is 0. The lowest BCUT2D eigenvalue weighted by Gasteiger charge is -2.19. The molecule has 2 heteroatoms. The molecule has 1 saturated carbocycles. The minimum absolute atomic E-state index is 0.675. The third-order valence-electron chi connectivity index (χ3n) is 3.93. The Morgan fingerprint density at radius 1 is 1.11 bits per heavy atom. The van der Waals surface area contributed by atoms with E-state index in [1.54, 1.807) is 0 Å². The molecule has 1 aliphatic rings. The van der Waals surface area contributed by atoms with Crippen LogP contribution in [-0.4, -0.2) is 4.57 Å². The van der Waals surface area contributed by atoms with Gasteiger partial charge >= 0.3 is 0 Å². The van der Waals surface area contributed by atoms with Gasteiger partial charge in [0.15, 0.2) is 0 Å². The summed E-state index contributed by atoms with van der Waals surface area (Å²) in [4.78, 5) is 0. The van der Waals surface area contributed by atoms with Gasteiger partial charge in [0.05, 0.1) is 0 Å². The summed E-state index contributed by atoms with van der Waals surface area (Å²) in [6.45, 7) is 2.20. The van der Waals surface area contributed by atoms with Gasteiger partial charge in [-0.3, -0.25) is 0 Å². The maximum Gasteiger partial charge on any atom is 0.0485 e. The summed E-state index contributed by atoms with van der Waals surface area (Å²) < 4.78 is 2.50. The molecule has 1 fully saturated rings. The zero-order chi connectivity index (χ0) is 12.5. The highest BCUT2D eigenvalue weighted by molar-refractivity contribution is 6.30. The van der Waals surface area contributed by atoms with E-state index in [-0.39, 0.29) is 0 Å². The third-order valence-corrected chi connectivity index (χ3v) is 4.17. The summed E-state index contributed by atoms with van der Waals surface area (Å²) in [5.74, 6) is 0. The first kappa shape index (κ1) is 11.9. The molecule has 1 aromatic heterocycles. The Balaban J connectivity index is 2.07. The van der Waals surface area contributed by atoms with E-state index in [2.05, 4.69) is 35.8 Å². The van der Waals surface area contributed by atoms with E-state index in [1.165, 1.54) is 42.6 Å². The van der Waals surface area contributed by atoms with E-state index in [0.29, 0.717) is 6.04 Å². The highest BCUT2D eigenvalue weighted by Gasteiger charge is 2.20. The SMILES string of the molecule is Cc1ccc(-c2cccc(Cl)c2)n1C1CCCC1. The summed E-state index contributed by atoms with van der Waals surface area (Å²) in [6, 6.07) is 13.3. The molecule has 0 radical (unpaired) electrons. The maximum absolute atomic E-state index is 6.10. The van der Waals surface area contributed by atoms with E-state index in [0.717, 1.165) is 5.02 Å². The van der Waals surface area contributed by atoms with Gasteiger partial charge in [-0.2, -0.15) is 0 Å². The van der Waals surface area contributed by atoms with Gasteiger partial charge < -0.3 is 4.57 Å². The number of aromatic nitrogens is 1. The van der Waals surface area contributed by atoms with Crippen LogP contribution in [0.2, 0.25) is 5.02 Å². The fourth-order valence-corrected chi connectivity index (χ4v) is 3.27. The zero-order valence-corrected chi connectivity index (χ0v) is 11.5. The second-order valence-electron chi connectivity index (χ2n) is 5.18. The Bertz CT molecular complexity index is 550. The highest BCUT2D eigenvalue weighted by atomic mass is 35.5. The number of hydrogen-bond donors (Lipinski definition) is 0. The predicted molar refractivity (Wildman–Crippen MR) is 77.1 cm³/mol. The van der Waals surface area contributed by atoms with Crippen LogP contribution >= 0.6 is 11.6 Å². The van der Waals surface area contributed by atoms with Crippen molar-refractivity contribution in [1.82, 2.24) is 4.57 Å². The lowest BCUT2D eigenvalue weighted by atomic mass is 10.1. The molecule has 0 unspecified atom stereocenters. The second-order valence-corrected chi connectivity index (χ2v) is 5.62. The molecule has 0 aliphatic heterocycles. The van der Waals surface area contributed by atoms with Crippen molar-refractivity contribution in [3.63, 3.8) is 0 Å². The smallest absolute Gasteiger partial charge is 0.0485 e. The number of nitrogens with zero attached hydrogens (tertiary/aromatic N) is 1. The quantitative estimate of drug-likeness (QED) is 0.696. The summed E-state index contributed by atoms with van der Waals surface area (Å²) in [6.07, 6.45) is 5.33. The molecule has 0 amide bonds. The Kier molecular flexibility index (Phi) is 3.17. The van der Waals surface area contributed by atoms with Crippen LogP contribution in [0.1, 0.15) is 37.4 Å². The van der Waals surface area contributed by atoms with E-state index in [4.69, 9.17) is 11.6 Å². The van der Waals surface area contributed by atoms with Crippen molar-refractivity contribution in [1.29, 1.82) is 0 Å². The highest BCUT2D eigenvalue weighted by Crippen LogP contribution is 2.36. The second kappa shape index (κ2) is 4.81. The molecule has 0 bridgehead atoms. The van der Waals surface area contributed by atoms with E-state index in [9.17, 15) is 0 Å². The molecule has 0 spiro atoms. The van der Waals surface area contributed by atoms with Gasteiger partial charge in [-0.15, -0.1) is 0 Å². The van der Waals surface area contributed by atoms with Crippen LogP contribution in [0.3, 0.4) is 0 Å². The lowest BCUT2D eigenvalue weighted by Crippen LogP contribution is -2.07. The van der Waals surface area contributed by atoms with Gasteiger partial charge in [-0.1, -0.05) is 36.6 Å². The van der Waals surface area contributed by atoms with Crippen LogP contribution in [0.15, 0.2) is 36.4 Å². The molecule has 1 aliphatic carbocycles. The normalized spacial score (nSPS) is 16.3. The van der Waals surface area contributed by atoms with Crippen molar-refractivity contribution in [3.05, 3.63) is 47.1 Å². The average Bonchev–Trinajstić information content (AvgIpc) is 2.97. The van der Waals surface area contributed by atoms with E-state index >= 15 is 0 Å². The van der Waals surface area contributed by atoms with Crippen LogP contribution < -0.4 is 0 Å². The minimum atomic E-state index is 0.675. The molecule has 18 heavy (non-hydrogen) atoms. The number of halogens is 1. The zero-order valence-electron chi connectivity index (χ0n) is 10.7. The van der Waals surface area contributed by atoms with Crippen molar-refractivity contribution in [2.24, 2.45) is 0 Å². The summed E-state index contributed by atoms with van der Waals surface area (Å²) >= 11 is 6.10. The third kappa shape index (κ3) is 2.08. The maximum atomic E-state index is 6.10. The first-order chi connectivity index (χ1) is 8.75. The van der Waals surface area contributed by atoms with Crippen LogP contribution in [0.25, 0.3) is 11.3 Å². The minimum Gasteiger partial charge on any atom is -0.342 e. The number of benzene rings is 1. The van der Waals surface area contributed by atoms with Crippen molar-refractivity contribution >= 4 is 11.6 Å². The van der Waals surface area contributed by atoms with Crippen LogP contribution in [0, 0.1) is 6.92 Å². The molecule has 0 saturated heterocycles.